The van der Waals surface area contributed by atoms with Crippen LogP contribution in [0, 0.1) is 6.92 Å². The minimum atomic E-state index is 0.218. The van der Waals surface area contributed by atoms with E-state index in [0.717, 1.165) is 28.4 Å². The van der Waals surface area contributed by atoms with Gasteiger partial charge in [0.25, 0.3) is 0 Å². The third-order valence-corrected chi connectivity index (χ3v) is 3.21. The first kappa shape index (κ1) is 15.1. The summed E-state index contributed by atoms with van der Waals surface area (Å²) in [7, 11) is 1.64. The number of anilines is 3. The minimum Gasteiger partial charge on any atom is -0.495 e. The number of rotatable bonds is 5. The molecule has 0 saturated heterocycles. The summed E-state index contributed by atoms with van der Waals surface area (Å²) in [4.78, 5) is 8.50. The molecule has 0 aliphatic heterocycles. The maximum Gasteiger partial charge on any atom is 0.148 e. The van der Waals surface area contributed by atoms with Crippen molar-refractivity contribution in [1.82, 2.24) is 9.97 Å². The van der Waals surface area contributed by atoms with Crippen LogP contribution in [-0.2, 0) is 0 Å². The molecule has 6 nitrogen and oxygen atoms in total. The molecule has 6 heteroatoms. The Hall–Kier alpha value is -2.34. The maximum atomic E-state index is 5.54. The molecular formula is C15H21N5O. The van der Waals surface area contributed by atoms with Gasteiger partial charge in [0.2, 0.25) is 0 Å². The number of nitrogens with two attached hydrogens (primary N) is 1. The van der Waals surface area contributed by atoms with Crippen LogP contribution in [-0.4, -0.2) is 17.1 Å². The molecule has 21 heavy (non-hydrogen) atoms. The highest BCUT2D eigenvalue weighted by atomic mass is 16.5. The molecule has 0 aliphatic carbocycles. The van der Waals surface area contributed by atoms with Gasteiger partial charge in [-0.15, -0.1) is 0 Å². The van der Waals surface area contributed by atoms with E-state index in [2.05, 4.69) is 34.6 Å². The molecule has 0 unspecified atom stereocenters. The average molecular weight is 287 g/mol. The largest absolute Gasteiger partial charge is 0.495 e. The van der Waals surface area contributed by atoms with Crippen LogP contribution in [0.15, 0.2) is 24.5 Å². The second-order valence-electron chi connectivity index (χ2n) is 5.11. The van der Waals surface area contributed by atoms with Crippen molar-refractivity contribution in [2.75, 3.05) is 17.9 Å². The first-order chi connectivity index (χ1) is 10.1. The molecule has 0 radical (unpaired) electrons. The quantitative estimate of drug-likeness (QED) is 0.579. The van der Waals surface area contributed by atoms with E-state index >= 15 is 0 Å². The topological polar surface area (TPSA) is 85.1 Å². The van der Waals surface area contributed by atoms with E-state index in [0.29, 0.717) is 5.82 Å². The Morgan fingerprint density at radius 3 is 2.52 bits per heavy atom. The van der Waals surface area contributed by atoms with Crippen LogP contribution < -0.4 is 21.3 Å². The van der Waals surface area contributed by atoms with Crippen LogP contribution in [0.4, 0.5) is 17.3 Å². The monoisotopic (exact) mass is 287 g/mol. The summed E-state index contributed by atoms with van der Waals surface area (Å²) in [5, 5.41) is 3.32. The van der Waals surface area contributed by atoms with Gasteiger partial charge in [0.05, 0.1) is 12.8 Å². The van der Waals surface area contributed by atoms with E-state index in [1.807, 2.05) is 25.1 Å². The predicted octanol–water partition coefficient (Wildman–Crippen LogP) is 2.95. The fourth-order valence-electron chi connectivity index (χ4n) is 2.20. The molecule has 1 aromatic carbocycles. The lowest BCUT2D eigenvalue weighted by Gasteiger charge is -2.18. The van der Waals surface area contributed by atoms with Crippen LogP contribution in [0.3, 0.4) is 0 Å². The van der Waals surface area contributed by atoms with Crippen molar-refractivity contribution in [2.24, 2.45) is 5.84 Å². The Morgan fingerprint density at radius 2 is 1.90 bits per heavy atom. The van der Waals surface area contributed by atoms with E-state index in [1.165, 1.54) is 6.33 Å². The van der Waals surface area contributed by atoms with Crippen molar-refractivity contribution in [3.63, 3.8) is 0 Å². The van der Waals surface area contributed by atoms with E-state index in [9.17, 15) is 0 Å². The summed E-state index contributed by atoms with van der Waals surface area (Å²) < 4.78 is 5.38. The van der Waals surface area contributed by atoms with Crippen molar-refractivity contribution in [2.45, 2.75) is 26.7 Å². The highest BCUT2D eigenvalue weighted by Crippen LogP contribution is 2.33. The highest BCUT2D eigenvalue weighted by molar-refractivity contribution is 5.70. The van der Waals surface area contributed by atoms with Gasteiger partial charge in [0.15, 0.2) is 0 Å². The van der Waals surface area contributed by atoms with Gasteiger partial charge < -0.3 is 15.5 Å². The number of methoxy groups -OCH3 is 1. The predicted molar refractivity (Wildman–Crippen MR) is 84.9 cm³/mol. The Balaban J connectivity index is 2.47. The number of benzene rings is 1. The number of aryl methyl sites for hydroxylation is 1. The SMILES string of the molecule is COc1ccc(C)cc1Nc1ncnc(NN)c1C(C)C. The minimum absolute atomic E-state index is 0.218. The van der Waals surface area contributed by atoms with Crippen molar-refractivity contribution in [3.05, 3.63) is 35.7 Å². The average Bonchev–Trinajstić information content (AvgIpc) is 2.47. The molecular weight excluding hydrogens is 266 g/mol. The van der Waals surface area contributed by atoms with Gasteiger partial charge in [0, 0.05) is 5.56 Å². The lowest BCUT2D eigenvalue weighted by Crippen LogP contribution is -2.14. The van der Waals surface area contributed by atoms with Crippen molar-refractivity contribution < 1.29 is 4.74 Å². The molecule has 2 aromatic rings. The summed E-state index contributed by atoms with van der Waals surface area (Å²) in [6.45, 7) is 6.16. The van der Waals surface area contributed by atoms with Gasteiger partial charge in [-0.2, -0.15) is 0 Å². The molecule has 0 fully saturated rings. The number of ether oxygens (including phenoxy) is 1. The number of nitrogen functional groups attached to an aromatic ring is 1. The number of hydrazine groups is 1. The summed E-state index contributed by atoms with van der Waals surface area (Å²) in [5.41, 5.74) is 5.55. The van der Waals surface area contributed by atoms with Crippen LogP contribution in [0.25, 0.3) is 0 Å². The number of aromatic nitrogens is 2. The van der Waals surface area contributed by atoms with E-state index in [-0.39, 0.29) is 5.92 Å². The van der Waals surface area contributed by atoms with Crippen LogP contribution >= 0.6 is 0 Å². The normalized spacial score (nSPS) is 10.6. The zero-order valence-corrected chi connectivity index (χ0v) is 12.8. The molecule has 1 aromatic heterocycles. The van der Waals surface area contributed by atoms with Crippen molar-refractivity contribution in [1.29, 1.82) is 0 Å². The first-order valence-electron chi connectivity index (χ1n) is 6.80. The van der Waals surface area contributed by atoms with Gasteiger partial charge >= 0.3 is 0 Å². The molecule has 0 spiro atoms. The number of hydrogen-bond acceptors (Lipinski definition) is 6. The molecule has 0 aliphatic rings. The fraction of sp³-hybridized carbons (Fsp3) is 0.333. The molecule has 4 N–H and O–H groups in total. The summed E-state index contributed by atoms with van der Waals surface area (Å²) in [5.74, 6) is 7.86. The van der Waals surface area contributed by atoms with Crippen LogP contribution in [0.1, 0.15) is 30.9 Å². The fourth-order valence-corrected chi connectivity index (χ4v) is 2.20. The second kappa shape index (κ2) is 6.41. The lowest BCUT2D eigenvalue weighted by atomic mass is 10.0. The Kier molecular flexibility index (Phi) is 4.59. The van der Waals surface area contributed by atoms with Gasteiger partial charge in [0.1, 0.15) is 23.7 Å². The van der Waals surface area contributed by atoms with Crippen molar-refractivity contribution in [3.8, 4) is 5.75 Å². The molecule has 0 atom stereocenters. The summed E-state index contributed by atoms with van der Waals surface area (Å²) in [6, 6.07) is 5.94. The molecule has 112 valence electrons. The summed E-state index contributed by atoms with van der Waals surface area (Å²) >= 11 is 0. The Bertz CT molecular complexity index is 627. The second-order valence-corrected chi connectivity index (χ2v) is 5.11. The number of hydrogen-bond donors (Lipinski definition) is 3. The van der Waals surface area contributed by atoms with E-state index < -0.39 is 0 Å². The molecule has 0 saturated carbocycles. The summed E-state index contributed by atoms with van der Waals surface area (Å²) in [6.07, 6.45) is 1.48. The lowest BCUT2D eigenvalue weighted by molar-refractivity contribution is 0.416. The van der Waals surface area contributed by atoms with E-state index in [4.69, 9.17) is 10.6 Å². The number of nitrogens with zero attached hydrogens (tertiary/aromatic N) is 2. The molecule has 0 bridgehead atoms. The van der Waals surface area contributed by atoms with Gasteiger partial charge in [-0.3, -0.25) is 0 Å². The highest BCUT2D eigenvalue weighted by Gasteiger charge is 2.15. The van der Waals surface area contributed by atoms with Gasteiger partial charge in [-0.25, -0.2) is 15.8 Å². The zero-order valence-electron chi connectivity index (χ0n) is 12.8. The standard InChI is InChI=1S/C15H21N5O/c1-9(2)13-14(17-8-18-15(13)20-16)19-11-7-10(3)5-6-12(11)21-4/h5-9H,16H2,1-4H3,(H2,17,18,19,20). The molecule has 2 rings (SSSR count). The third-order valence-electron chi connectivity index (χ3n) is 3.21. The van der Waals surface area contributed by atoms with Crippen LogP contribution in [0.2, 0.25) is 0 Å². The van der Waals surface area contributed by atoms with E-state index in [1.54, 1.807) is 7.11 Å². The van der Waals surface area contributed by atoms with Gasteiger partial charge in [-0.1, -0.05) is 19.9 Å². The third kappa shape index (κ3) is 3.22. The van der Waals surface area contributed by atoms with Crippen LogP contribution in [0.5, 0.6) is 5.75 Å². The molecule has 0 amide bonds. The maximum absolute atomic E-state index is 5.54. The Labute approximate surface area is 124 Å². The number of nitrogens with one attached hydrogen (secondary N) is 2. The van der Waals surface area contributed by atoms with Gasteiger partial charge in [-0.05, 0) is 30.5 Å². The smallest absolute Gasteiger partial charge is 0.148 e. The van der Waals surface area contributed by atoms with Crippen molar-refractivity contribution >= 4 is 17.3 Å². The zero-order chi connectivity index (χ0) is 15.4. The first-order valence-corrected chi connectivity index (χ1v) is 6.80. The Morgan fingerprint density at radius 1 is 1.19 bits per heavy atom. The molecule has 1 heterocycles.